The second-order valence-corrected chi connectivity index (χ2v) is 10.3. The Balaban J connectivity index is 1.22. The van der Waals surface area contributed by atoms with Crippen LogP contribution in [-0.2, 0) is 0 Å². The van der Waals surface area contributed by atoms with Crippen molar-refractivity contribution in [1.82, 2.24) is 0 Å². The van der Waals surface area contributed by atoms with Gasteiger partial charge in [-0.3, -0.25) is 0 Å². The number of anilines is 5. The smallest absolute Gasteiger partial charge is 0.0540 e. The van der Waals surface area contributed by atoms with Crippen LogP contribution in [0.1, 0.15) is 0 Å². The Kier molecular flexibility index (Phi) is 5.17. The van der Waals surface area contributed by atoms with Gasteiger partial charge in [-0.15, -0.1) is 0 Å². The van der Waals surface area contributed by atoms with Gasteiger partial charge in [0.05, 0.1) is 5.69 Å². The summed E-state index contributed by atoms with van der Waals surface area (Å²) < 4.78 is 0. The molecule has 7 aromatic rings. The lowest BCUT2D eigenvalue weighted by Gasteiger charge is -2.27. The maximum Gasteiger partial charge on any atom is 0.0540 e. The predicted molar refractivity (Wildman–Crippen MR) is 170 cm³/mol. The fraction of sp³-hybridized carbons (Fsp3) is 0. The zero-order chi connectivity index (χ0) is 26.5. The number of nitrogens with one attached hydrogen (secondary N) is 1. The number of hydrogen-bond donors (Lipinski definition) is 1. The lowest BCUT2D eigenvalue weighted by Crippen LogP contribution is -2.10. The topological polar surface area (TPSA) is 15.3 Å². The number of benzene rings is 7. The van der Waals surface area contributed by atoms with Gasteiger partial charge in [0.15, 0.2) is 0 Å². The van der Waals surface area contributed by atoms with Crippen LogP contribution in [0.2, 0.25) is 0 Å². The zero-order valence-corrected chi connectivity index (χ0v) is 21.9. The summed E-state index contributed by atoms with van der Waals surface area (Å²) >= 11 is 0. The second kappa shape index (κ2) is 9.14. The lowest BCUT2D eigenvalue weighted by atomic mass is 9.90. The molecule has 0 atom stereocenters. The summed E-state index contributed by atoms with van der Waals surface area (Å²) in [4.78, 5) is 2.35. The van der Waals surface area contributed by atoms with Crippen LogP contribution in [0.25, 0.3) is 43.8 Å². The Hall–Kier alpha value is -5.34. The third-order valence-corrected chi connectivity index (χ3v) is 7.96. The SMILES string of the molecule is c1ccc(N(c2ccc(-c3ccc4c(c3)-c3cccc5cccc(c35)N4)cc2)c2cccc3ccccc23)cc1. The minimum absolute atomic E-state index is 1.13. The Morgan fingerprint density at radius 3 is 1.98 bits per heavy atom. The van der Waals surface area contributed by atoms with Gasteiger partial charge in [0, 0.05) is 39.1 Å². The van der Waals surface area contributed by atoms with E-state index in [1.54, 1.807) is 0 Å². The molecule has 0 aliphatic carbocycles. The van der Waals surface area contributed by atoms with Crippen molar-refractivity contribution < 1.29 is 0 Å². The Bertz CT molecular complexity index is 2010. The number of rotatable bonds is 4. The van der Waals surface area contributed by atoms with Crippen LogP contribution in [0.5, 0.6) is 0 Å². The normalized spacial score (nSPS) is 11.7. The average Bonchev–Trinajstić information content (AvgIpc) is 3.02. The summed E-state index contributed by atoms with van der Waals surface area (Å²) in [5.41, 5.74) is 10.7. The Labute approximate surface area is 233 Å². The molecule has 0 spiro atoms. The van der Waals surface area contributed by atoms with Gasteiger partial charge in [0.2, 0.25) is 0 Å². The van der Waals surface area contributed by atoms with Gasteiger partial charge in [0.25, 0.3) is 0 Å². The molecular formula is C38H26N2. The van der Waals surface area contributed by atoms with Gasteiger partial charge >= 0.3 is 0 Å². The molecule has 1 heterocycles. The first-order valence-electron chi connectivity index (χ1n) is 13.7. The van der Waals surface area contributed by atoms with Crippen molar-refractivity contribution in [2.45, 2.75) is 0 Å². The molecule has 7 aromatic carbocycles. The van der Waals surface area contributed by atoms with E-state index in [0.717, 1.165) is 17.1 Å². The Morgan fingerprint density at radius 2 is 1.10 bits per heavy atom. The van der Waals surface area contributed by atoms with Gasteiger partial charge < -0.3 is 10.2 Å². The summed E-state index contributed by atoms with van der Waals surface area (Å²) in [6.45, 7) is 0. The minimum Gasteiger partial charge on any atom is -0.354 e. The van der Waals surface area contributed by atoms with Crippen molar-refractivity contribution in [3.05, 3.63) is 152 Å². The van der Waals surface area contributed by atoms with Gasteiger partial charge in [-0.05, 0) is 76.0 Å². The summed E-state index contributed by atoms with van der Waals surface area (Å²) in [7, 11) is 0. The zero-order valence-electron chi connectivity index (χ0n) is 21.9. The summed E-state index contributed by atoms with van der Waals surface area (Å²) in [5.74, 6) is 0. The van der Waals surface area contributed by atoms with E-state index in [4.69, 9.17) is 0 Å². The van der Waals surface area contributed by atoms with Crippen LogP contribution in [-0.4, -0.2) is 0 Å². The maximum absolute atomic E-state index is 3.65. The molecule has 0 amide bonds. The molecule has 1 aliphatic rings. The highest BCUT2D eigenvalue weighted by molar-refractivity contribution is 6.11. The molecule has 0 saturated carbocycles. The average molecular weight is 511 g/mol. The molecule has 0 aromatic heterocycles. The molecule has 1 N–H and O–H groups in total. The van der Waals surface area contributed by atoms with Crippen LogP contribution < -0.4 is 10.2 Å². The first-order chi connectivity index (χ1) is 19.8. The molecule has 0 unspecified atom stereocenters. The van der Waals surface area contributed by atoms with E-state index in [0.29, 0.717) is 0 Å². The largest absolute Gasteiger partial charge is 0.354 e. The molecule has 0 radical (unpaired) electrons. The molecular weight excluding hydrogens is 484 g/mol. The standard InChI is InChI=1S/C38H26N2/c1-2-13-30(14-3-1)40(37-18-8-10-27-9-4-5-15-32(27)37)31-22-19-26(20-23-31)29-21-24-35-34(25-29)33-16-6-11-28-12-7-17-36(39-35)38(28)33/h1-25,39H. The first kappa shape index (κ1) is 22.6. The monoisotopic (exact) mass is 510 g/mol. The van der Waals surface area contributed by atoms with Crippen molar-refractivity contribution >= 4 is 50.0 Å². The molecule has 0 bridgehead atoms. The van der Waals surface area contributed by atoms with Gasteiger partial charge in [0.1, 0.15) is 0 Å². The number of para-hydroxylation sites is 1. The maximum atomic E-state index is 3.65. The molecule has 2 nitrogen and oxygen atoms in total. The quantitative estimate of drug-likeness (QED) is 0.253. The van der Waals surface area contributed by atoms with Crippen LogP contribution in [0.3, 0.4) is 0 Å². The van der Waals surface area contributed by atoms with E-state index in [1.807, 2.05) is 0 Å². The molecule has 188 valence electrons. The van der Waals surface area contributed by atoms with E-state index < -0.39 is 0 Å². The molecule has 0 saturated heterocycles. The third kappa shape index (κ3) is 3.65. The fourth-order valence-corrected chi connectivity index (χ4v) is 6.08. The highest BCUT2D eigenvalue weighted by atomic mass is 15.1. The predicted octanol–water partition coefficient (Wildman–Crippen LogP) is 10.9. The number of fused-ring (bicyclic) bond motifs is 3. The van der Waals surface area contributed by atoms with E-state index in [9.17, 15) is 0 Å². The first-order valence-corrected chi connectivity index (χ1v) is 13.7. The number of nitrogens with zero attached hydrogens (tertiary/aromatic N) is 1. The summed E-state index contributed by atoms with van der Waals surface area (Å²) in [5, 5.41) is 8.67. The van der Waals surface area contributed by atoms with Crippen molar-refractivity contribution in [1.29, 1.82) is 0 Å². The van der Waals surface area contributed by atoms with E-state index in [-0.39, 0.29) is 0 Å². The van der Waals surface area contributed by atoms with Crippen molar-refractivity contribution in [3.63, 3.8) is 0 Å². The van der Waals surface area contributed by atoms with Gasteiger partial charge in [-0.25, -0.2) is 0 Å². The van der Waals surface area contributed by atoms with Gasteiger partial charge in [-0.1, -0.05) is 103 Å². The second-order valence-electron chi connectivity index (χ2n) is 10.3. The summed E-state index contributed by atoms with van der Waals surface area (Å²) in [6.07, 6.45) is 0. The van der Waals surface area contributed by atoms with Crippen LogP contribution in [0.15, 0.2) is 152 Å². The van der Waals surface area contributed by atoms with Crippen LogP contribution >= 0.6 is 0 Å². The molecule has 1 aliphatic heterocycles. The lowest BCUT2D eigenvalue weighted by molar-refractivity contribution is 1.30. The molecule has 40 heavy (non-hydrogen) atoms. The van der Waals surface area contributed by atoms with Crippen LogP contribution in [0, 0.1) is 0 Å². The highest BCUT2D eigenvalue weighted by Crippen LogP contribution is 2.45. The molecule has 8 rings (SSSR count). The van der Waals surface area contributed by atoms with E-state index >= 15 is 0 Å². The van der Waals surface area contributed by atoms with Crippen molar-refractivity contribution in [2.24, 2.45) is 0 Å². The fourth-order valence-electron chi connectivity index (χ4n) is 6.08. The minimum atomic E-state index is 1.13. The third-order valence-electron chi connectivity index (χ3n) is 7.96. The van der Waals surface area contributed by atoms with E-state index in [1.165, 1.54) is 55.2 Å². The molecule has 2 heteroatoms. The van der Waals surface area contributed by atoms with Gasteiger partial charge in [-0.2, -0.15) is 0 Å². The van der Waals surface area contributed by atoms with Crippen molar-refractivity contribution in [3.8, 4) is 22.3 Å². The van der Waals surface area contributed by atoms with Crippen LogP contribution in [0.4, 0.5) is 28.4 Å². The van der Waals surface area contributed by atoms with E-state index in [2.05, 4.69) is 162 Å². The Morgan fingerprint density at radius 1 is 0.425 bits per heavy atom. The molecule has 0 fully saturated rings. The highest BCUT2D eigenvalue weighted by Gasteiger charge is 2.19. The summed E-state index contributed by atoms with van der Waals surface area (Å²) in [6, 6.07) is 54.5. The number of hydrogen-bond acceptors (Lipinski definition) is 2. The van der Waals surface area contributed by atoms with Crippen molar-refractivity contribution in [2.75, 3.05) is 10.2 Å².